The Morgan fingerprint density at radius 3 is 2.41 bits per heavy atom. The van der Waals surface area contributed by atoms with E-state index in [1.807, 2.05) is 72.8 Å². The largest absolute Gasteiger partial charge is 0.493 e. The average molecular weight is 433 g/mol. The lowest BCUT2D eigenvalue weighted by Gasteiger charge is -2.28. The Bertz CT molecular complexity index is 1020. The van der Waals surface area contributed by atoms with E-state index in [1.54, 1.807) is 7.11 Å². The Kier molecular flexibility index (Phi) is 7.25. The van der Waals surface area contributed by atoms with Crippen molar-refractivity contribution < 1.29 is 19.0 Å². The van der Waals surface area contributed by atoms with Crippen molar-refractivity contribution in [1.82, 2.24) is 5.32 Å². The predicted molar refractivity (Wildman–Crippen MR) is 124 cm³/mol. The molecule has 0 radical (unpaired) electrons. The summed E-state index contributed by atoms with van der Waals surface area (Å²) in [7, 11) is 1.61. The van der Waals surface area contributed by atoms with Gasteiger partial charge in [0.05, 0.1) is 20.3 Å². The van der Waals surface area contributed by atoms with Gasteiger partial charge in [0.1, 0.15) is 6.61 Å². The second-order valence-corrected chi connectivity index (χ2v) is 7.59. The predicted octanol–water partition coefficient (Wildman–Crippen LogP) is 4.04. The fourth-order valence-corrected chi connectivity index (χ4v) is 3.61. The van der Waals surface area contributed by atoms with Gasteiger partial charge in [-0.05, 0) is 47.5 Å². The normalized spacial score (nSPS) is 13.5. The highest BCUT2D eigenvalue weighted by molar-refractivity contribution is 5.94. The molecule has 1 N–H and O–H groups in total. The van der Waals surface area contributed by atoms with Crippen LogP contribution in [0.1, 0.15) is 21.5 Å². The number of rotatable bonds is 8. The van der Waals surface area contributed by atoms with Crippen LogP contribution in [-0.2, 0) is 17.9 Å². The smallest absolute Gasteiger partial charge is 0.251 e. The third kappa shape index (κ3) is 5.59. The van der Waals surface area contributed by atoms with Gasteiger partial charge in [0.2, 0.25) is 0 Å². The van der Waals surface area contributed by atoms with Gasteiger partial charge >= 0.3 is 0 Å². The van der Waals surface area contributed by atoms with Gasteiger partial charge in [0, 0.05) is 30.9 Å². The van der Waals surface area contributed by atoms with Crippen LogP contribution < -0.4 is 19.7 Å². The summed E-state index contributed by atoms with van der Waals surface area (Å²) in [6, 6.07) is 23.4. The second-order valence-electron chi connectivity index (χ2n) is 7.59. The van der Waals surface area contributed by atoms with E-state index in [-0.39, 0.29) is 5.91 Å². The second kappa shape index (κ2) is 10.7. The molecule has 0 spiro atoms. The van der Waals surface area contributed by atoms with Crippen LogP contribution in [0.25, 0.3) is 0 Å². The van der Waals surface area contributed by atoms with E-state index >= 15 is 0 Å². The summed E-state index contributed by atoms with van der Waals surface area (Å²) in [5.74, 6) is 1.20. The third-order valence-electron chi connectivity index (χ3n) is 5.42. The lowest BCUT2D eigenvalue weighted by atomic mass is 10.1. The monoisotopic (exact) mass is 432 g/mol. The summed E-state index contributed by atoms with van der Waals surface area (Å²) in [4.78, 5) is 14.8. The number of anilines is 1. The van der Waals surface area contributed by atoms with Gasteiger partial charge in [-0.3, -0.25) is 4.79 Å². The number of hydrogen-bond acceptors (Lipinski definition) is 5. The maximum atomic E-state index is 12.6. The van der Waals surface area contributed by atoms with Crippen molar-refractivity contribution in [3.8, 4) is 11.5 Å². The summed E-state index contributed by atoms with van der Waals surface area (Å²) in [6.45, 7) is 4.09. The number of hydrogen-bond donors (Lipinski definition) is 1. The van der Waals surface area contributed by atoms with Crippen LogP contribution in [0.5, 0.6) is 11.5 Å². The molecule has 1 amide bonds. The molecule has 0 atom stereocenters. The summed E-state index contributed by atoms with van der Waals surface area (Å²) in [6.07, 6.45) is 0. The van der Waals surface area contributed by atoms with E-state index in [4.69, 9.17) is 14.2 Å². The molecule has 1 aliphatic heterocycles. The molecule has 1 saturated heterocycles. The molecule has 0 unspecified atom stereocenters. The molecule has 166 valence electrons. The molecular formula is C26H28N2O4. The molecule has 0 saturated carbocycles. The van der Waals surface area contributed by atoms with Crippen molar-refractivity contribution in [2.24, 2.45) is 0 Å². The molecule has 4 rings (SSSR count). The average Bonchev–Trinajstić information content (AvgIpc) is 2.87. The minimum atomic E-state index is -0.109. The van der Waals surface area contributed by atoms with Crippen LogP contribution in [-0.4, -0.2) is 39.3 Å². The van der Waals surface area contributed by atoms with Gasteiger partial charge in [0.15, 0.2) is 11.5 Å². The molecule has 1 fully saturated rings. The van der Waals surface area contributed by atoms with E-state index in [0.29, 0.717) is 30.2 Å². The zero-order chi connectivity index (χ0) is 22.2. The summed E-state index contributed by atoms with van der Waals surface area (Å²) in [5.41, 5.74) is 3.77. The standard InChI is InChI=1S/C26H28N2O4/c1-30-25-17-21(7-12-24(25)32-19-20-5-3-2-4-6-20)18-27-26(29)22-8-10-23(11-9-22)28-13-15-31-16-14-28/h2-12,17H,13-16,18-19H2,1H3,(H,27,29). The lowest BCUT2D eigenvalue weighted by molar-refractivity contribution is 0.0950. The van der Waals surface area contributed by atoms with Gasteiger partial charge in [-0.2, -0.15) is 0 Å². The van der Waals surface area contributed by atoms with Gasteiger partial charge in [-0.15, -0.1) is 0 Å². The van der Waals surface area contributed by atoms with Gasteiger partial charge in [-0.25, -0.2) is 0 Å². The molecule has 6 nitrogen and oxygen atoms in total. The molecule has 6 heteroatoms. The van der Waals surface area contributed by atoms with Gasteiger partial charge in [0.25, 0.3) is 5.91 Å². The Morgan fingerprint density at radius 1 is 0.938 bits per heavy atom. The Labute approximate surface area is 188 Å². The molecule has 3 aromatic carbocycles. The Balaban J connectivity index is 1.33. The first-order valence-electron chi connectivity index (χ1n) is 10.8. The topological polar surface area (TPSA) is 60.0 Å². The number of carbonyl (C=O) groups is 1. The fourth-order valence-electron chi connectivity index (χ4n) is 3.61. The highest BCUT2D eigenvalue weighted by Crippen LogP contribution is 2.29. The first-order chi connectivity index (χ1) is 15.7. The first-order valence-corrected chi connectivity index (χ1v) is 10.8. The molecule has 32 heavy (non-hydrogen) atoms. The van der Waals surface area contributed by atoms with Gasteiger partial charge in [-0.1, -0.05) is 36.4 Å². The number of carbonyl (C=O) groups excluding carboxylic acids is 1. The Morgan fingerprint density at radius 2 is 1.69 bits per heavy atom. The molecule has 0 bridgehead atoms. The van der Waals surface area contributed by atoms with Crippen molar-refractivity contribution in [2.75, 3.05) is 38.3 Å². The molecular weight excluding hydrogens is 404 g/mol. The summed E-state index contributed by atoms with van der Waals surface area (Å²) < 4.78 is 16.8. The number of nitrogens with one attached hydrogen (secondary N) is 1. The number of methoxy groups -OCH3 is 1. The molecule has 0 aliphatic carbocycles. The third-order valence-corrected chi connectivity index (χ3v) is 5.42. The Hall–Kier alpha value is -3.51. The minimum Gasteiger partial charge on any atom is -0.493 e. The van der Waals surface area contributed by atoms with Crippen molar-refractivity contribution in [3.63, 3.8) is 0 Å². The van der Waals surface area contributed by atoms with Crippen molar-refractivity contribution in [2.45, 2.75) is 13.2 Å². The van der Waals surface area contributed by atoms with E-state index in [1.165, 1.54) is 0 Å². The summed E-state index contributed by atoms with van der Waals surface area (Å²) in [5, 5.41) is 2.97. The summed E-state index contributed by atoms with van der Waals surface area (Å²) >= 11 is 0. The SMILES string of the molecule is COc1cc(CNC(=O)c2ccc(N3CCOCC3)cc2)ccc1OCc1ccccc1. The van der Waals surface area contributed by atoms with E-state index < -0.39 is 0 Å². The van der Waals surface area contributed by atoms with E-state index in [9.17, 15) is 4.79 Å². The lowest BCUT2D eigenvalue weighted by Crippen LogP contribution is -2.36. The van der Waals surface area contributed by atoms with Crippen LogP contribution in [0.15, 0.2) is 72.8 Å². The van der Waals surface area contributed by atoms with Crippen LogP contribution in [0.3, 0.4) is 0 Å². The van der Waals surface area contributed by atoms with Crippen LogP contribution in [0.4, 0.5) is 5.69 Å². The van der Waals surface area contributed by atoms with E-state index in [2.05, 4.69) is 10.2 Å². The number of nitrogens with zero attached hydrogens (tertiary/aromatic N) is 1. The number of ether oxygens (including phenoxy) is 3. The number of benzene rings is 3. The molecule has 1 heterocycles. The molecule has 3 aromatic rings. The maximum absolute atomic E-state index is 12.6. The van der Waals surface area contributed by atoms with Crippen LogP contribution in [0, 0.1) is 0 Å². The maximum Gasteiger partial charge on any atom is 0.251 e. The van der Waals surface area contributed by atoms with Crippen molar-refractivity contribution in [3.05, 3.63) is 89.5 Å². The first kappa shape index (κ1) is 21.7. The quantitative estimate of drug-likeness (QED) is 0.582. The van der Waals surface area contributed by atoms with Crippen molar-refractivity contribution in [1.29, 1.82) is 0 Å². The fraction of sp³-hybridized carbons (Fsp3) is 0.269. The highest BCUT2D eigenvalue weighted by atomic mass is 16.5. The van der Waals surface area contributed by atoms with Gasteiger partial charge < -0.3 is 24.4 Å². The van der Waals surface area contributed by atoms with Crippen LogP contribution in [0.2, 0.25) is 0 Å². The molecule has 0 aromatic heterocycles. The number of morpholine rings is 1. The highest BCUT2D eigenvalue weighted by Gasteiger charge is 2.13. The van der Waals surface area contributed by atoms with Crippen molar-refractivity contribution >= 4 is 11.6 Å². The minimum absolute atomic E-state index is 0.109. The van der Waals surface area contributed by atoms with Crippen LogP contribution >= 0.6 is 0 Å². The zero-order valence-corrected chi connectivity index (χ0v) is 18.3. The zero-order valence-electron chi connectivity index (χ0n) is 18.3. The molecule has 1 aliphatic rings. The number of amides is 1. The van der Waals surface area contributed by atoms with E-state index in [0.717, 1.165) is 43.1 Å².